The lowest BCUT2D eigenvalue weighted by atomic mass is 10.3. The number of hydrogen-bond acceptors (Lipinski definition) is 5. The number of nitrogen functional groups attached to an aromatic ring is 1. The summed E-state index contributed by atoms with van der Waals surface area (Å²) in [5, 5.41) is 2.71. The van der Waals surface area contributed by atoms with E-state index in [0.717, 1.165) is 0 Å². The molecule has 1 amide bonds. The molecule has 0 bridgehead atoms. The summed E-state index contributed by atoms with van der Waals surface area (Å²) in [4.78, 5) is 15.5. The summed E-state index contributed by atoms with van der Waals surface area (Å²) < 4.78 is 5.01. The Bertz CT molecular complexity index is 339. The van der Waals surface area contributed by atoms with Crippen LogP contribution in [0.4, 0.5) is 5.69 Å². The van der Waals surface area contributed by atoms with Crippen LogP contribution in [0.5, 0.6) is 0 Å². The standard InChI is InChI=1S/C10H16N4O2/c1-7(16-2)5-13-10(15)9-4-3-8(14-11)6-12-9/h3-4,6-7,14H,5,11H2,1-2H3,(H,13,15). The fourth-order valence-corrected chi connectivity index (χ4v) is 1.02. The lowest BCUT2D eigenvalue weighted by Crippen LogP contribution is -2.32. The summed E-state index contributed by atoms with van der Waals surface area (Å²) >= 11 is 0. The van der Waals surface area contributed by atoms with Gasteiger partial charge in [0, 0.05) is 13.7 Å². The summed E-state index contributed by atoms with van der Waals surface area (Å²) in [7, 11) is 1.59. The van der Waals surface area contributed by atoms with Gasteiger partial charge in [0.2, 0.25) is 0 Å². The Labute approximate surface area is 94.2 Å². The number of hydrazine groups is 1. The average Bonchev–Trinajstić information content (AvgIpc) is 2.35. The number of hydrogen-bond donors (Lipinski definition) is 3. The second kappa shape index (κ2) is 6.04. The third kappa shape index (κ3) is 3.48. The van der Waals surface area contributed by atoms with Crippen molar-refractivity contribution in [3.05, 3.63) is 24.0 Å². The Morgan fingerprint density at radius 2 is 2.38 bits per heavy atom. The third-order valence-corrected chi connectivity index (χ3v) is 2.12. The molecular weight excluding hydrogens is 208 g/mol. The fraction of sp³-hybridized carbons (Fsp3) is 0.400. The lowest BCUT2D eigenvalue weighted by Gasteiger charge is -2.10. The monoisotopic (exact) mass is 224 g/mol. The van der Waals surface area contributed by atoms with E-state index in [0.29, 0.717) is 17.9 Å². The number of carbonyl (C=O) groups excluding carboxylic acids is 1. The molecule has 0 aliphatic carbocycles. The van der Waals surface area contributed by atoms with E-state index in [9.17, 15) is 4.79 Å². The molecule has 16 heavy (non-hydrogen) atoms. The van der Waals surface area contributed by atoms with Crippen molar-refractivity contribution in [3.8, 4) is 0 Å². The predicted molar refractivity (Wildman–Crippen MR) is 60.9 cm³/mol. The van der Waals surface area contributed by atoms with Crippen molar-refractivity contribution in [2.24, 2.45) is 5.84 Å². The van der Waals surface area contributed by atoms with E-state index in [-0.39, 0.29) is 12.0 Å². The Hall–Kier alpha value is -1.66. The van der Waals surface area contributed by atoms with E-state index in [1.165, 1.54) is 6.20 Å². The molecule has 4 N–H and O–H groups in total. The van der Waals surface area contributed by atoms with Crippen LogP contribution in [0.3, 0.4) is 0 Å². The van der Waals surface area contributed by atoms with Gasteiger partial charge in [0.1, 0.15) is 5.69 Å². The van der Waals surface area contributed by atoms with Gasteiger partial charge in [0.25, 0.3) is 5.91 Å². The summed E-state index contributed by atoms with van der Waals surface area (Å²) in [5.41, 5.74) is 3.44. The SMILES string of the molecule is COC(C)CNC(=O)c1ccc(NN)cn1. The predicted octanol–water partition coefficient (Wildman–Crippen LogP) is 0.132. The van der Waals surface area contributed by atoms with E-state index in [1.807, 2.05) is 6.92 Å². The molecule has 0 fully saturated rings. The quantitative estimate of drug-likeness (QED) is 0.488. The molecule has 0 aliphatic rings. The Balaban J connectivity index is 2.52. The second-order valence-electron chi connectivity index (χ2n) is 3.33. The number of amides is 1. The third-order valence-electron chi connectivity index (χ3n) is 2.12. The largest absolute Gasteiger partial charge is 0.380 e. The van der Waals surface area contributed by atoms with Crippen molar-refractivity contribution < 1.29 is 9.53 Å². The summed E-state index contributed by atoms with van der Waals surface area (Å²) in [6, 6.07) is 3.28. The Morgan fingerprint density at radius 3 is 2.88 bits per heavy atom. The second-order valence-corrected chi connectivity index (χ2v) is 3.33. The molecule has 0 aromatic carbocycles. The van der Waals surface area contributed by atoms with Crippen LogP contribution in [0.2, 0.25) is 0 Å². The molecule has 0 saturated heterocycles. The highest BCUT2D eigenvalue weighted by Gasteiger charge is 2.08. The van der Waals surface area contributed by atoms with Crippen LogP contribution in [0.1, 0.15) is 17.4 Å². The molecule has 1 rings (SSSR count). The van der Waals surface area contributed by atoms with Gasteiger partial charge in [-0.3, -0.25) is 10.6 Å². The zero-order valence-electron chi connectivity index (χ0n) is 9.36. The van der Waals surface area contributed by atoms with E-state index in [1.54, 1.807) is 19.2 Å². The number of ether oxygens (including phenoxy) is 1. The minimum atomic E-state index is -0.229. The van der Waals surface area contributed by atoms with Crippen LogP contribution in [-0.4, -0.2) is 30.6 Å². The molecule has 1 aromatic heterocycles. The molecule has 1 unspecified atom stereocenters. The highest BCUT2D eigenvalue weighted by atomic mass is 16.5. The smallest absolute Gasteiger partial charge is 0.269 e. The zero-order valence-corrected chi connectivity index (χ0v) is 9.36. The van der Waals surface area contributed by atoms with Gasteiger partial charge in [-0.1, -0.05) is 0 Å². The number of nitrogens with one attached hydrogen (secondary N) is 2. The van der Waals surface area contributed by atoms with Crippen molar-refractivity contribution in [2.45, 2.75) is 13.0 Å². The molecule has 0 aliphatic heterocycles. The lowest BCUT2D eigenvalue weighted by molar-refractivity contribution is 0.0866. The van der Waals surface area contributed by atoms with Gasteiger partial charge in [0.15, 0.2) is 0 Å². The highest BCUT2D eigenvalue weighted by Crippen LogP contribution is 2.03. The number of methoxy groups -OCH3 is 1. The van der Waals surface area contributed by atoms with Gasteiger partial charge in [-0.15, -0.1) is 0 Å². The summed E-state index contributed by atoms with van der Waals surface area (Å²) in [6.45, 7) is 2.32. The van der Waals surface area contributed by atoms with Crippen LogP contribution in [0, 0.1) is 0 Å². The first kappa shape index (κ1) is 12.4. The summed E-state index contributed by atoms with van der Waals surface area (Å²) in [6.07, 6.45) is 1.48. The first-order chi connectivity index (χ1) is 7.67. The van der Waals surface area contributed by atoms with Gasteiger partial charge in [-0.25, -0.2) is 4.98 Å². The first-order valence-corrected chi connectivity index (χ1v) is 4.91. The fourth-order valence-electron chi connectivity index (χ4n) is 1.02. The molecule has 88 valence electrons. The Morgan fingerprint density at radius 1 is 1.62 bits per heavy atom. The minimum Gasteiger partial charge on any atom is -0.380 e. The maximum Gasteiger partial charge on any atom is 0.269 e. The maximum atomic E-state index is 11.6. The van der Waals surface area contributed by atoms with E-state index in [4.69, 9.17) is 10.6 Å². The topological polar surface area (TPSA) is 89.3 Å². The van der Waals surface area contributed by atoms with Gasteiger partial charge < -0.3 is 15.5 Å². The molecule has 1 aromatic rings. The zero-order chi connectivity index (χ0) is 12.0. The van der Waals surface area contributed by atoms with Gasteiger partial charge >= 0.3 is 0 Å². The molecule has 1 heterocycles. The normalized spacial score (nSPS) is 11.9. The van der Waals surface area contributed by atoms with E-state index < -0.39 is 0 Å². The van der Waals surface area contributed by atoms with E-state index in [2.05, 4.69) is 15.7 Å². The number of pyridine rings is 1. The molecule has 0 spiro atoms. The molecular formula is C10H16N4O2. The number of nitrogens with zero attached hydrogens (tertiary/aromatic N) is 1. The van der Waals surface area contributed by atoms with Crippen molar-refractivity contribution in [1.82, 2.24) is 10.3 Å². The average molecular weight is 224 g/mol. The highest BCUT2D eigenvalue weighted by molar-refractivity contribution is 5.92. The van der Waals surface area contributed by atoms with Crippen molar-refractivity contribution in [2.75, 3.05) is 19.1 Å². The van der Waals surface area contributed by atoms with Gasteiger partial charge in [-0.05, 0) is 19.1 Å². The van der Waals surface area contributed by atoms with Crippen molar-refractivity contribution in [1.29, 1.82) is 0 Å². The molecule has 6 heteroatoms. The van der Waals surface area contributed by atoms with Gasteiger partial charge in [-0.2, -0.15) is 0 Å². The molecule has 6 nitrogen and oxygen atoms in total. The molecule has 1 atom stereocenters. The van der Waals surface area contributed by atoms with Crippen LogP contribution in [0.15, 0.2) is 18.3 Å². The van der Waals surface area contributed by atoms with Crippen LogP contribution in [-0.2, 0) is 4.74 Å². The minimum absolute atomic E-state index is 0.0195. The number of aromatic nitrogens is 1. The maximum absolute atomic E-state index is 11.6. The van der Waals surface area contributed by atoms with Crippen LogP contribution >= 0.6 is 0 Å². The number of rotatable bonds is 5. The van der Waals surface area contributed by atoms with Crippen LogP contribution < -0.4 is 16.6 Å². The number of anilines is 1. The van der Waals surface area contributed by atoms with Crippen LogP contribution in [0.25, 0.3) is 0 Å². The first-order valence-electron chi connectivity index (χ1n) is 4.91. The Kier molecular flexibility index (Phi) is 4.68. The number of nitrogens with two attached hydrogens (primary N) is 1. The van der Waals surface area contributed by atoms with Crippen molar-refractivity contribution in [3.63, 3.8) is 0 Å². The number of carbonyl (C=O) groups is 1. The van der Waals surface area contributed by atoms with E-state index >= 15 is 0 Å². The van der Waals surface area contributed by atoms with Gasteiger partial charge in [0.05, 0.1) is 18.0 Å². The summed E-state index contributed by atoms with van der Waals surface area (Å²) in [5.74, 6) is 4.96. The molecule has 0 radical (unpaired) electrons. The molecule has 0 saturated carbocycles. The van der Waals surface area contributed by atoms with Crippen molar-refractivity contribution >= 4 is 11.6 Å².